The Hall–Kier alpha value is -3.02. The maximum absolute atomic E-state index is 12.7. The van der Waals surface area contributed by atoms with Crippen LogP contribution in [0.1, 0.15) is 17.3 Å². The lowest BCUT2D eigenvalue weighted by Gasteiger charge is -2.37. The van der Waals surface area contributed by atoms with Crippen LogP contribution in [0.5, 0.6) is 5.75 Å². The van der Waals surface area contributed by atoms with Gasteiger partial charge in [-0.3, -0.25) is 9.59 Å². The zero-order valence-electron chi connectivity index (χ0n) is 15.7. The highest BCUT2D eigenvalue weighted by molar-refractivity contribution is 5.97. The van der Waals surface area contributed by atoms with Crippen molar-refractivity contribution in [1.29, 1.82) is 0 Å². The summed E-state index contributed by atoms with van der Waals surface area (Å²) in [6, 6.07) is 16.3. The number of hydrogen-bond acceptors (Lipinski definition) is 4. The van der Waals surface area contributed by atoms with Crippen molar-refractivity contribution in [2.45, 2.75) is 13.0 Å². The van der Waals surface area contributed by atoms with Crippen LogP contribution in [0.25, 0.3) is 0 Å². The Labute approximate surface area is 159 Å². The van der Waals surface area contributed by atoms with E-state index in [1.165, 1.54) is 0 Å². The van der Waals surface area contributed by atoms with Crippen molar-refractivity contribution in [1.82, 2.24) is 10.2 Å². The molecule has 1 N–H and O–H groups in total. The minimum absolute atomic E-state index is 0.0475. The van der Waals surface area contributed by atoms with E-state index in [1.807, 2.05) is 35.2 Å². The van der Waals surface area contributed by atoms with E-state index in [0.717, 1.165) is 24.5 Å². The fourth-order valence-corrected chi connectivity index (χ4v) is 3.18. The lowest BCUT2D eigenvalue weighted by atomic mass is 10.2. The molecule has 1 fully saturated rings. The van der Waals surface area contributed by atoms with Crippen LogP contribution in [-0.2, 0) is 4.79 Å². The van der Waals surface area contributed by atoms with E-state index in [0.29, 0.717) is 18.7 Å². The molecule has 142 valence electrons. The number of nitrogens with one attached hydrogen (secondary N) is 1. The average molecular weight is 367 g/mol. The molecule has 1 aliphatic rings. The number of hydrogen-bond donors (Lipinski definition) is 1. The van der Waals surface area contributed by atoms with Crippen LogP contribution in [0.2, 0.25) is 0 Å². The van der Waals surface area contributed by atoms with Crippen LogP contribution in [0.3, 0.4) is 0 Å². The number of nitrogens with zero attached hydrogens (tertiary/aromatic N) is 2. The first-order chi connectivity index (χ1) is 13.1. The van der Waals surface area contributed by atoms with Gasteiger partial charge in [0.25, 0.3) is 5.91 Å². The number of rotatable bonds is 5. The first-order valence-corrected chi connectivity index (χ1v) is 9.12. The maximum atomic E-state index is 12.7. The molecule has 2 amide bonds. The van der Waals surface area contributed by atoms with Gasteiger partial charge in [0, 0.05) is 37.4 Å². The molecule has 0 aliphatic carbocycles. The Morgan fingerprint density at radius 2 is 1.59 bits per heavy atom. The SMILES string of the molecule is COc1ccc(N2CCN(C(=O)C(C)NC(=O)c3ccccc3)CC2)cc1. The number of amides is 2. The van der Waals surface area contributed by atoms with Crippen molar-refractivity contribution in [2.24, 2.45) is 0 Å². The first-order valence-electron chi connectivity index (χ1n) is 9.12. The van der Waals surface area contributed by atoms with Gasteiger partial charge in [-0.1, -0.05) is 18.2 Å². The van der Waals surface area contributed by atoms with E-state index in [9.17, 15) is 9.59 Å². The van der Waals surface area contributed by atoms with Crippen molar-refractivity contribution in [3.63, 3.8) is 0 Å². The molecular weight excluding hydrogens is 342 g/mol. The molecule has 0 radical (unpaired) electrons. The summed E-state index contributed by atoms with van der Waals surface area (Å²) in [5, 5.41) is 2.79. The highest BCUT2D eigenvalue weighted by Gasteiger charge is 2.26. The Bertz CT molecular complexity index is 769. The summed E-state index contributed by atoms with van der Waals surface area (Å²) in [5.74, 6) is 0.553. The second kappa shape index (κ2) is 8.58. The number of carbonyl (C=O) groups excluding carboxylic acids is 2. The van der Waals surface area contributed by atoms with E-state index < -0.39 is 6.04 Å². The van der Waals surface area contributed by atoms with Gasteiger partial charge in [0.05, 0.1) is 7.11 Å². The molecule has 2 aromatic carbocycles. The summed E-state index contributed by atoms with van der Waals surface area (Å²) in [6.07, 6.45) is 0. The standard InChI is InChI=1S/C21H25N3O3/c1-16(22-20(25)17-6-4-3-5-7-17)21(26)24-14-12-23(13-15-24)18-8-10-19(27-2)11-9-18/h3-11,16H,12-15H2,1-2H3,(H,22,25). The van der Waals surface area contributed by atoms with Gasteiger partial charge in [-0.2, -0.15) is 0 Å². The Balaban J connectivity index is 1.52. The van der Waals surface area contributed by atoms with Gasteiger partial charge in [-0.15, -0.1) is 0 Å². The molecule has 1 saturated heterocycles. The van der Waals surface area contributed by atoms with Gasteiger partial charge in [-0.25, -0.2) is 0 Å². The van der Waals surface area contributed by atoms with Crippen molar-refractivity contribution in [3.8, 4) is 5.75 Å². The van der Waals surface area contributed by atoms with Crippen LogP contribution >= 0.6 is 0 Å². The van der Waals surface area contributed by atoms with E-state index in [1.54, 1.807) is 38.3 Å². The highest BCUT2D eigenvalue weighted by Crippen LogP contribution is 2.20. The highest BCUT2D eigenvalue weighted by atomic mass is 16.5. The van der Waals surface area contributed by atoms with Gasteiger partial charge >= 0.3 is 0 Å². The fraction of sp³-hybridized carbons (Fsp3) is 0.333. The lowest BCUT2D eigenvalue weighted by Crippen LogP contribution is -2.54. The van der Waals surface area contributed by atoms with Crippen LogP contribution in [0.15, 0.2) is 54.6 Å². The van der Waals surface area contributed by atoms with E-state index in [2.05, 4.69) is 10.2 Å². The number of piperazine rings is 1. The molecule has 0 spiro atoms. The number of carbonyl (C=O) groups is 2. The molecule has 1 atom stereocenters. The second-order valence-corrected chi connectivity index (χ2v) is 6.57. The minimum atomic E-state index is -0.551. The molecular formula is C21H25N3O3. The zero-order valence-corrected chi connectivity index (χ0v) is 15.7. The minimum Gasteiger partial charge on any atom is -0.497 e. The van der Waals surface area contributed by atoms with Gasteiger partial charge in [0.2, 0.25) is 5.91 Å². The largest absolute Gasteiger partial charge is 0.497 e. The van der Waals surface area contributed by atoms with Gasteiger partial charge in [-0.05, 0) is 43.3 Å². The molecule has 3 rings (SSSR count). The number of methoxy groups -OCH3 is 1. The van der Waals surface area contributed by atoms with Crippen LogP contribution in [-0.4, -0.2) is 56.0 Å². The third kappa shape index (κ3) is 4.58. The van der Waals surface area contributed by atoms with Crippen molar-refractivity contribution >= 4 is 17.5 Å². The van der Waals surface area contributed by atoms with Crippen molar-refractivity contribution in [2.75, 3.05) is 38.2 Å². The fourth-order valence-electron chi connectivity index (χ4n) is 3.18. The third-order valence-corrected chi connectivity index (χ3v) is 4.78. The van der Waals surface area contributed by atoms with Crippen LogP contribution < -0.4 is 15.0 Å². The molecule has 1 aliphatic heterocycles. The summed E-state index contributed by atoms with van der Waals surface area (Å²) >= 11 is 0. The predicted octanol–water partition coefficient (Wildman–Crippen LogP) is 2.16. The van der Waals surface area contributed by atoms with Crippen molar-refractivity contribution in [3.05, 3.63) is 60.2 Å². The number of ether oxygens (including phenoxy) is 1. The van der Waals surface area contributed by atoms with Gasteiger partial charge in [0.1, 0.15) is 11.8 Å². The third-order valence-electron chi connectivity index (χ3n) is 4.78. The van der Waals surface area contributed by atoms with Crippen LogP contribution in [0, 0.1) is 0 Å². The van der Waals surface area contributed by atoms with E-state index >= 15 is 0 Å². The topological polar surface area (TPSA) is 61.9 Å². The summed E-state index contributed by atoms with van der Waals surface area (Å²) < 4.78 is 5.19. The molecule has 2 aromatic rings. The Morgan fingerprint density at radius 3 is 2.19 bits per heavy atom. The summed E-state index contributed by atoms with van der Waals surface area (Å²) in [7, 11) is 1.65. The molecule has 0 saturated carbocycles. The molecule has 0 aromatic heterocycles. The van der Waals surface area contributed by atoms with Crippen LogP contribution in [0.4, 0.5) is 5.69 Å². The van der Waals surface area contributed by atoms with Gasteiger partial charge in [0.15, 0.2) is 0 Å². The molecule has 0 bridgehead atoms. The summed E-state index contributed by atoms with van der Waals surface area (Å²) in [6.45, 7) is 4.53. The second-order valence-electron chi connectivity index (χ2n) is 6.57. The Morgan fingerprint density at radius 1 is 0.963 bits per heavy atom. The predicted molar refractivity (Wildman–Crippen MR) is 105 cm³/mol. The summed E-state index contributed by atoms with van der Waals surface area (Å²) in [4.78, 5) is 29.0. The zero-order chi connectivity index (χ0) is 19.2. The molecule has 6 heteroatoms. The number of anilines is 1. The normalized spacial score (nSPS) is 15.2. The Kier molecular flexibility index (Phi) is 5.96. The smallest absolute Gasteiger partial charge is 0.251 e. The molecule has 1 heterocycles. The van der Waals surface area contributed by atoms with Gasteiger partial charge < -0.3 is 19.9 Å². The maximum Gasteiger partial charge on any atom is 0.251 e. The molecule has 27 heavy (non-hydrogen) atoms. The van der Waals surface area contributed by atoms with E-state index in [4.69, 9.17) is 4.74 Å². The first kappa shape index (κ1) is 18.8. The molecule has 1 unspecified atom stereocenters. The lowest BCUT2D eigenvalue weighted by molar-refractivity contribution is -0.133. The number of benzene rings is 2. The monoisotopic (exact) mass is 367 g/mol. The van der Waals surface area contributed by atoms with Crippen molar-refractivity contribution < 1.29 is 14.3 Å². The molecule has 6 nitrogen and oxygen atoms in total. The van der Waals surface area contributed by atoms with E-state index in [-0.39, 0.29) is 11.8 Å². The quantitative estimate of drug-likeness (QED) is 0.880. The average Bonchev–Trinajstić information content (AvgIpc) is 2.74. The summed E-state index contributed by atoms with van der Waals surface area (Å²) in [5.41, 5.74) is 1.68.